The summed E-state index contributed by atoms with van der Waals surface area (Å²) in [5, 5.41) is 0. The molecule has 0 aliphatic carbocycles. The lowest BCUT2D eigenvalue weighted by Gasteiger charge is -2.09. The number of hydrogen-bond donors (Lipinski definition) is 0. The van der Waals surface area contributed by atoms with Crippen molar-refractivity contribution in [2.45, 2.75) is 20.1 Å². The van der Waals surface area contributed by atoms with E-state index in [1.807, 2.05) is 13.8 Å². The van der Waals surface area contributed by atoms with Crippen LogP contribution in [0, 0.1) is 18.8 Å². The van der Waals surface area contributed by atoms with Gasteiger partial charge in [0.2, 0.25) is 6.29 Å². The zero-order valence-corrected chi connectivity index (χ0v) is 6.52. The second-order valence-electron chi connectivity index (χ2n) is 1.56. The maximum atomic E-state index is 5.09. The fraction of sp³-hybridized carbons (Fsp3) is 0.625. The molecule has 0 N–H and O–H groups in total. The summed E-state index contributed by atoms with van der Waals surface area (Å²) in [5.74, 6) is 5.17. The molecule has 0 aliphatic rings. The van der Waals surface area contributed by atoms with Crippen LogP contribution in [0.15, 0.2) is 0 Å². The van der Waals surface area contributed by atoms with E-state index in [2.05, 4.69) is 18.8 Å². The standard InChI is InChI=1S/C8H13O2/c1-4-7-8(9-5-2)10-6-3/h8H,1,5-6H2,2-3H3. The lowest BCUT2D eigenvalue weighted by atomic mass is 10.6. The zero-order chi connectivity index (χ0) is 7.82. The van der Waals surface area contributed by atoms with Gasteiger partial charge in [-0.3, -0.25) is 0 Å². The molecule has 0 fully saturated rings. The first-order valence-corrected chi connectivity index (χ1v) is 3.36. The van der Waals surface area contributed by atoms with E-state index in [0.717, 1.165) is 0 Å². The van der Waals surface area contributed by atoms with Gasteiger partial charge in [-0.25, -0.2) is 0 Å². The van der Waals surface area contributed by atoms with Gasteiger partial charge < -0.3 is 9.47 Å². The Hall–Kier alpha value is -0.520. The predicted molar refractivity (Wildman–Crippen MR) is 40.2 cm³/mol. The van der Waals surface area contributed by atoms with Crippen molar-refractivity contribution in [1.82, 2.24) is 0 Å². The van der Waals surface area contributed by atoms with Crippen LogP contribution in [0.1, 0.15) is 13.8 Å². The van der Waals surface area contributed by atoms with Crippen LogP contribution >= 0.6 is 0 Å². The van der Waals surface area contributed by atoms with E-state index < -0.39 is 6.29 Å². The van der Waals surface area contributed by atoms with Crippen LogP contribution in [0.2, 0.25) is 0 Å². The van der Waals surface area contributed by atoms with Crippen molar-refractivity contribution in [1.29, 1.82) is 0 Å². The Bertz CT molecular complexity index is 115. The maximum Gasteiger partial charge on any atom is 0.222 e. The van der Waals surface area contributed by atoms with Crippen molar-refractivity contribution in [3.63, 3.8) is 0 Å². The van der Waals surface area contributed by atoms with Crippen LogP contribution in [0.3, 0.4) is 0 Å². The van der Waals surface area contributed by atoms with Crippen LogP contribution in [0.5, 0.6) is 0 Å². The second-order valence-corrected chi connectivity index (χ2v) is 1.56. The van der Waals surface area contributed by atoms with E-state index in [1.54, 1.807) is 0 Å². The number of hydrogen-bond acceptors (Lipinski definition) is 2. The monoisotopic (exact) mass is 141 g/mol. The van der Waals surface area contributed by atoms with E-state index in [0.29, 0.717) is 13.2 Å². The van der Waals surface area contributed by atoms with Gasteiger partial charge in [0.05, 0.1) is 0 Å². The molecule has 0 amide bonds. The van der Waals surface area contributed by atoms with Crippen LogP contribution in [0.25, 0.3) is 0 Å². The van der Waals surface area contributed by atoms with Gasteiger partial charge in [0.25, 0.3) is 0 Å². The molecule has 10 heavy (non-hydrogen) atoms. The van der Waals surface area contributed by atoms with Gasteiger partial charge in [0, 0.05) is 20.1 Å². The SMILES string of the molecule is [CH2]C#CC(OCC)OCC. The van der Waals surface area contributed by atoms with Crippen LogP contribution in [0.4, 0.5) is 0 Å². The molecule has 0 aromatic heterocycles. The predicted octanol–water partition coefficient (Wildman–Crippen LogP) is 1.22. The van der Waals surface area contributed by atoms with Crippen molar-refractivity contribution in [3.8, 4) is 11.8 Å². The Balaban J connectivity index is 3.57. The molecular formula is C8H13O2. The smallest absolute Gasteiger partial charge is 0.222 e. The zero-order valence-electron chi connectivity index (χ0n) is 6.52. The maximum absolute atomic E-state index is 5.09. The van der Waals surface area contributed by atoms with E-state index in [1.165, 1.54) is 0 Å². The molecule has 0 bridgehead atoms. The summed E-state index contributed by atoms with van der Waals surface area (Å²) < 4.78 is 10.2. The lowest BCUT2D eigenvalue weighted by Crippen LogP contribution is -2.14. The molecule has 0 saturated carbocycles. The average Bonchev–Trinajstić information content (AvgIpc) is 1.90. The third-order valence-electron chi connectivity index (χ3n) is 0.856. The molecule has 0 aliphatic heterocycles. The Morgan fingerprint density at radius 2 is 1.80 bits per heavy atom. The summed E-state index contributed by atoms with van der Waals surface area (Å²) in [6.45, 7) is 8.39. The van der Waals surface area contributed by atoms with E-state index >= 15 is 0 Å². The molecule has 2 heteroatoms. The van der Waals surface area contributed by atoms with Gasteiger partial charge >= 0.3 is 0 Å². The van der Waals surface area contributed by atoms with Gasteiger partial charge in [0.1, 0.15) is 0 Å². The second kappa shape index (κ2) is 6.60. The highest BCUT2D eigenvalue weighted by atomic mass is 16.7. The summed E-state index contributed by atoms with van der Waals surface area (Å²) in [7, 11) is 0. The molecule has 0 saturated heterocycles. The minimum Gasteiger partial charge on any atom is -0.342 e. The molecule has 0 spiro atoms. The van der Waals surface area contributed by atoms with Gasteiger partial charge in [-0.2, -0.15) is 0 Å². The van der Waals surface area contributed by atoms with Gasteiger partial charge in [-0.1, -0.05) is 5.92 Å². The van der Waals surface area contributed by atoms with Crippen molar-refractivity contribution in [2.75, 3.05) is 13.2 Å². The van der Waals surface area contributed by atoms with Crippen molar-refractivity contribution in [2.24, 2.45) is 0 Å². The minimum absolute atomic E-state index is 0.396. The molecule has 1 radical (unpaired) electrons. The van der Waals surface area contributed by atoms with Crippen LogP contribution in [-0.4, -0.2) is 19.5 Å². The normalized spacial score (nSPS) is 9.20. The lowest BCUT2D eigenvalue weighted by molar-refractivity contribution is -0.0969. The third kappa shape index (κ3) is 4.37. The summed E-state index contributed by atoms with van der Waals surface area (Å²) >= 11 is 0. The van der Waals surface area contributed by atoms with Gasteiger partial charge in [-0.05, 0) is 19.8 Å². The largest absolute Gasteiger partial charge is 0.342 e. The molecule has 0 heterocycles. The first-order chi connectivity index (χ1) is 4.85. The molecule has 57 valence electrons. The van der Waals surface area contributed by atoms with E-state index in [4.69, 9.17) is 9.47 Å². The molecule has 0 atom stereocenters. The molecule has 2 nitrogen and oxygen atoms in total. The highest BCUT2D eigenvalue weighted by Gasteiger charge is 1.99. The van der Waals surface area contributed by atoms with Crippen molar-refractivity contribution < 1.29 is 9.47 Å². The van der Waals surface area contributed by atoms with Crippen LogP contribution in [-0.2, 0) is 9.47 Å². The summed E-state index contributed by atoms with van der Waals surface area (Å²) in [6.07, 6.45) is -0.396. The quantitative estimate of drug-likeness (QED) is 0.433. The fourth-order valence-corrected chi connectivity index (χ4v) is 0.518. The third-order valence-corrected chi connectivity index (χ3v) is 0.856. The molecule has 0 aromatic carbocycles. The first-order valence-electron chi connectivity index (χ1n) is 3.36. The average molecular weight is 141 g/mol. The topological polar surface area (TPSA) is 18.5 Å². The Kier molecular flexibility index (Phi) is 6.25. The summed E-state index contributed by atoms with van der Waals surface area (Å²) in [6, 6.07) is 0. The van der Waals surface area contributed by atoms with Crippen molar-refractivity contribution in [3.05, 3.63) is 6.92 Å². The molecule has 0 rings (SSSR count). The van der Waals surface area contributed by atoms with Crippen molar-refractivity contribution >= 4 is 0 Å². The van der Waals surface area contributed by atoms with Gasteiger partial charge in [0.15, 0.2) is 0 Å². The van der Waals surface area contributed by atoms with E-state index in [9.17, 15) is 0 Å². The fourth-order valence-electron chi connectivity index (χ4n) is 0.518. The van der Waals surface area contributed by atoms with Gasteiger partial charge in [-0.15, -0.1) is 0 Å². The molecule has 0 aromatic rings. The Labute approximate surface area is 62.5 Å². The Morgan fingerprint density at radius 1 is 1.30 bits per heavy atom. The molecule has 0 unspecified atom stereocenters. The number of ether oxygens (including phenoxy) is 2. The Morgan fingerprint density at radius 3 is 2.10 bits per heavy atom. The highest BCUT2D eigenvalue weighted by molar-refractivity contribution is 5.04. The molecular weight excluding hydrogens is 128 g/mol. The number of rotatable bonds is 4. The summed E-state index contributed by atoms with van der Waals surface area (Å²) in [5.41, 5.74) is 0. The first kappa shape index (κ1) is 9.48. The van der Waals surface area contributed by atoms with Crippen LogP contribution < -0.4 is 0 Å². The minimum atomic E-state index is -0.396. The van der Waals surface area contributed by atoms with E-state index in [-0.39, 0.29) is 0 Å². The highest BCUT2D eigenvalue weighted by Crippen LogP contribution is 1.91. The summed E-state index contributed by atoms with van der Waals surface area (Å²) in [4.78, 5) is 0.